The Bertz CT molecular complexity index is 381. The molecule has 6 heteroatoms. The van der Waals surface area contributed by atoms with Gasteiger partial charge in [-0.05, 0) is 25.7 Å². The highest BCUT2D eigenvalue weighted by Gasteiger charge is 2.45. The molecule has 3 aliphatic rings. The topological polar surface area (TPSA) is 57.2 Å². The molecule has 0 aromatic carbocycles. The van der Waals surface area contributed by atoms with Crippen molar-refractivity contribution in [2.24, 2.45) is 5.92 Å². The zero-order chi connectivity index (χ0) is 16.1. The fraction of sp³-hybridized carbons (Fsp3) is 0.941. The molecule has 0 aromatic rings. The standard InChI is InChI=1S/C17H29NO5/c1-2-13(12-18-5-7-20-9-10-21-8-6-18)23-17(19)15-11-14-3-4-16(15)22-14/h13-16H,2-12H2,1H3. The fourth-order valence-corrected chi connectivity index (χ4v) is 3.68. The highest BCUT2D eigenvalue weighted by atomic mass is 16.6. The summed E-state index contributed by atoms with van der Waals surface area (Å²) in [5, 5.41) is 0. The smallest absolute Gasteiger partial charge is 0.311 e. The number of nitrogens with zero attached hydrogens (tertiary/aromatic N) is 1. The lowest BCUT2D eigenvalue weighted by Gasteiger charge is -2.27. The molecule has 0 aliphatic carbocycles. The van der Waals surface area contributed by atoms with E-state index in [4.69, 9.17) is 18.9 Å². The van der Waals surface area contributed by atoms with Gasteiger partial charge in [0.25, 0.3) is 0 Å². The third-order valence-corrected chi connectivity index (χ3v) is 5.08. The molecule has 0 saturated carbocycles. The molecule has 132 valence electrons. The Balaban J connectivity index is 1.47. The van der Waals surface area contributed by atoms with Crippen molar-refractivity contribution in [2.45, 2.75) is 50.9 Å². The molecule has 0 spiro atoms. The molecular weight excluding hydrogens is 298 g/mol. The first-order chi connectivity index (χ1) is 11.3. The molecular formula is C17H29NO5. The van der Waals surface area contributed by atoms with E-state index in [1.165, 1.54) is 0 Å². The Morgan fingerprint density at radius 1 is 1.17 bits per heavy atom. The molecule has 0 amide bonds. The van der Waals surface area contributed by atoms with Gasteiger partial charge in [0, 0.05) is 19.6 Å². The lowest BCUT2D eigenvalue weighted by molar-refractivity contribution is -0.157. The normalized spacial score (nSPS) is 33.7. The Labute approximate surface area is 138 Å². The van der Waals surface area contributed by atoms with Crippen LogP contribution in [0.2, 0.25) is 0 Å². The number of rotatable bonds is 5. The van der Waals surface area contributed by atoms with Crippen molar-refractivity contribution in [3.63, 3.8) is 0 Å². The van der Waals surface area contributed by atoms with Gasteiger partial charge in [0.15, 0.2) is 0 Å². The first-order valence-electron chi connectivity index (χ1n) is 9.00. The van der Waals surface area contributed by atoms with Crippen LogP contribution in [0.3, 0.4) is 0 Å². The number of ether oxygens (including phenoxy) is 4. The van der Waals surface area contributed by atoms with Gasteiger partial charge in [0.05, 0.1) is 44.6 Å². The SMILES string of the molecule is CCC(CN1CCOCCOCC1)OC(=O)C1CC2CCC1O2. The molecule has 3 fully saturated rings. The third-order valence-electron chi connectivity index (χ3n) is 5.08. The van der Waals surface area contributed by atoms with E-state index in [9.17, 15) is 4.79 Å². The van der Waals surface area contributed by atoms with Crippen LogP contribution in [0.5, 0.6) is 0 Å². The van der Waals surface area contributed by atoms with Gasteiger partial charge in [-0.3, -0.25) is 9.69 Å². The van der Waals surface area contributed by atoms with Crippen molar-refractivity contribution < 1.29 is 23.7 Å². The van der Waals surface area contributed by atoms with E-state index >= 15 is 0 Å². The number of carbonyl (C=O) groups excluding carboxylic acids is 1. The summed E-state index contributed by atoms with van der Waals surface area (Å²) in [6, 6.07) is 0. The van der Waals surface area contributed by atoms with E-state index < -0.39 is 0 Å². The molecule has 0 radical (unpaired) electrons. The van der Waals surface area contributed by atoms with Crippen LogP contribution in [0.1, 0.15) is 32.6 Å². The number of carbonyl (C=O) groups is 1. The van der Waals surface area contributed by atoms with Gasteiger partial charge >= 0.3 is 5.97 Å². The molecule has 3 heterocycles. The van der Waals surface area contributed by atoms with Crippen molar-refractivity contribution in [3.05, 3.63) is 0 Å². The second-order valence-corrected chi connectivity index (χ2v) is 6.71. The summed E-state index contributed by atoms with van der Waals surface area (Å²) < 4.78 is 22.6. The van der Waals surface area contributed by atoms with E-state index in [2.05, 4.69) is 11.8 Å². The Hall–Kier alpha value is -0.690. The molecule has 3 aliphatic heterocycles. The summed E-state index contributed by atoms with van der Waals surface area (Å²) in [7, 11) is 0. The summed E-state index contributed by atoms with van der Waals surface area (Å²) in [4.78, 5) is 14.7. The third kappa shape index (κ3) is 4.66. The highest BCUT2D eigenvalue weighted by molar-refractivity contribution is 5.74. The first-order valence-corrected chi connectivity index (χ1v) is 9.00. The first kappa shape index (κ1) is 17.1. The minimum atomic E-state index is -0.0687. The van der Waals surface area contributed by atoms with Gasteiger partial charge in [-0.2, -0.15) is 0 Å². The number of fused-ring (bicyclic) bond motifs is 2. The van der Waals surface area contributed by atoms with Gasteiger partial charge in [-0.15, -0.1) is 0 Å². The maximum absolute atomic E-state index is 12.5. The monoisotopic (exact) mass is 327 g/mol. The summed E-state index contributed by atoms with van der Waals surface area (Å²) in [5.41, 5.74) is 0. The Morgan fingerprint density at radius 3 is 2.48 bits per heavy atom. The Morgan fingerprint density at radius 2 is 1.91 bits per heavy atom. The fourth-order valence-electron chi connectivity index (χ4n) is 3.68. The van der Waals surface area contributed by atoms with Crippen molar-refractivity contribution in [1.29, 1.82) is 0 Å². The van der Waals surface area contributed by atoms with Crippen LogP contribution in [0.25, 0.3) is 0 Å². The molecule has 4 atom stereocenters. The molecule has 23 heavy (non-hydrogen) atoms. The number of hydrogen-bond acceptors (Lipinski definition) is 6. The van der Waals surface area contributed by atoms with Crippen LogP contribution < -0.4 is 0 Å². The minimum Gasteiger partial charge on any atom is -0.461 e. The molecule has 0 aromatic heterocycles. The van der Waals surface area contributed by atoms with Crippen molar-refractivity contribution in [3.8, 4) is 0 Å². The average molecular weight is 327 g/mol. The highest BCUT2D eigenvalue weighted by Crippen LogP contribution is 2.39. The Kier molecular flexibility index (Phi) is 6.28. The summed E-state index contributed by atoms with van der Waals surface area (Å²) in [6.07, 6.45) is 4.07. The predicted octanol–water partition coefficient (Wildman–Crippen LogP) is 1.22. The van der Waals surface area contributed by atoms with Crippen LogP contribution >= 0.6 is 0 Å². The van der Waals surface area contributed by atoms with Gasteiger partial charge in [-0.1, -0.05) is 6.92 Å². The maximum atomic E-state index is 12.5. The van der Waals surface area contributed by atoms with Crippen molar-refractivity contribution in [1.82, 2.24) is 4.90 Å². The van der Waals surface area contributed by atoms with Crippen LogP contribution in [0.4, 0.5) is 0 Å². The van der Waals surface area contributed by atoms with E-state index in [-0.39, 0.29) is 30.2 Å². The van der Waals surface area contributed by atoms with E-state index in [0.29, 0.717) is 26.4 Å². The molecule has 6 nitrogen and oxygen atoms in total. The van der Waals surface area contributed by atoms with Gasteiger partial charge < -0.3 is 18.9 Å². The molecule has 4 unspecified atom stereocenters. The van der Waals surface area contributed by atoms with E-state index in [1.54, 1.807) is 0 Å². The summed E-state index contributed by atoms with van der Waals surface area (Å²) in [6.45, 7) is 7.24. The van der Waals surface area contributed by atoms with E-state index in [1.807, 2.05) is 0 Å². The second-order valence-electron chi connectivity index (χ2n) is 6.71. The quantitative estimate of drug-likeness (QED) is 0.708. The second kappa shape index (κ2) is 8.42. The summed E-state index contributed by atoms with van der Waals surface area (Å²) in [5.74, 6) is -0.120. The zero-order valence-corrected chi connectivity index (χ0v) is 14.1. The van der Waals surface area contributed by atoms with Crippen LogP contribution in [0.15, 0.2) is 0 Å². The average Bonchev–Trinajstić information content (AvgIpc) is 3.20. The molecule has 2 bridgehead atoms. The lowest BCUT2D eigenvalue weighted by Crippen LogP contribution is -2.40. The van der Waals surface area contributed by atoms with Crippen molar-refractivity contribution in [2.75, 3.05) is 46.1 Å². The molecule has 0 N–H and O–H groups in total. The summed E-state index contributed by atoms with van der Waals surface area (Å²) >= 11 is 0. The van der Waals surface area contributed by atoms with Crippen molar-refractivity contribution >= 4 is 5.97 Å². The van der Waals surface area contributed by atoms with E-state index in [0.717, 1.165) is 45.3 Å². The molecule has 3 saturated heterocycles. The number of hydrogen-bond donors (Lipinski definition) is 0. The van der Waals surface area contributed by atoms with Gasteiger partial charge in [0.1, 0.15) is 6.10 Å². The number of esters is 1. The van der Waals surface area contributed by atoms with Gasteiger partial charge in [-0.25, -0.2) is 0 Å². The lowest BCUT2D eigenvalue weighted by atomic mass is 9.89. The van der Waals surface area contributed by atoms with Gasteiger partial charge in [0.2, 0.25) is 0 Å². The largest absolute Gasteiger partial charge is 0.461 e. The molecule has 3 rings (SSSR count). The predicted molar refractivity (Wildman–Crippen MR) is 84.3 cm³/mol. The maximum Gasteiger partial charge on any atom is 0.311 e. The minimum absolute atomic E-state index is 0.0509. The van der Waals surface area contributed by atoms with Crippen LogP contribution in [-0.2, 0) is 23.7 Å². The van der Waals surface area contributed by atoms with Crippen LogP contribution in [-0.4, -0.2) is 75.2 Å². The zero-order valence-electron chi connectivity index (χ0n) is 14.1. The van der Waals surface area contributed by atoms with Crippen LogP contribution in [0, 0.1) is 5.92 Å².